The molecule has 7 nitrogen and oxygen atoms in total. The highest BCUT2D eigenvalue weighted by Crippen LogP contribution is 2.38. The van der Waals surface area contributed by atoms with Gasteiger partial charge in [-0.25, -0.2) is 4.39 Å². The van der Waals surface area contributed by atoms with Crippen LogP contribution in [0, 0.1) is 12.7 Å². The highest BCUT2D eigenvalue weighted by Gasteiger charge is 2.17. The lowest BCUT2D eigenvalue weighted by molar-refractivity contribution is 0.0943. The number of ether oxygens (including phenoxy) is 3. The smallest absolute Gasteiger partial charge is 0.269 e. The van der Waals surface area contributed by atoms with Crippen molar-refractivity contribution >= 4 is 28.9 Å². The van der Waals surface area contributed by atoms with Gasteiger partial charge in [0.1, 0.15) is 5.82 Å². The van der Waals surface area contributed by atoms with Gasteiger partial charge in [0, 0.05) is 11.3 Å². The minimum atomic E-state index is -0.478. The third kappa shape index (κ3) is 4.98. The number of hydrogen-bond acceptors (Lipinski definition) is 5. The van der Waals surface area contributed by atoms with E-state index in [-0.39, 0.29) is 16.5 Å². The molecule has 1 amide bonds. The number of carbonyl (C=O) groups excluding carboxylic acids is 1. The molecule has 144 valence electrons. The normalized spacial score (nSPS) is 9.96. The molecule has 0 saturated heterocycles. The first kappa shape index (κ1) is 20.2. The first-order valence-corrected chi connectivity index (χ1v) is 8.24. The van der Waals surface area contributed by atoms with E-state index >= 15 is 0 Å². The lowest BCUT2D eigenvalue weighted by Gasteiger charge is -2.15. The Kier molecular flexibility index (Phi) is 6.78. The van der Waals surface area contributed by atoms with E-state index in [4.69, 9.17) is 26.4 Å². The predicted octanol–water partition coefficient (Wildman–Crippen LogP) is 2.79. The fourth-order valence-electron chi connectivity index (χ4n) is 2.23. The average Bonchev–Trinajstić information content (AvgIpc) is 2.67. The molecule has 0 atom stereocenters. The van der Waals surface area contributed by atoms with Crippen molar-refractivity contribution in [2.45, 2.75) is 6.92 Å². The van der Waals surface area contributed by atoms with Gasteiger partial charge in [-0.3, -0.25) is 15.6 Å². The molecule has 2 aromatic rings. The van der Waals surface area contributed by atoms with E-state index in [0.717, 1.165) is 0 Å². The van der Waals surface area contributed by atoms with E-state index in [2.05, 4.69) is 16.2 Å². The van der Waals surface area contributed by atoms with Gasteiger partial charge in [0.15, 0.2) is 16.6 Å². The molecule has 3 N–H and O–H groups in total. The molecular formula is C18H20FN3O4S. The number of aryl methyl sites for hydroxylation is 1. The Balaban J connectivity index is 2.04. The second-order valence-corrected chi connectivity index (χ2v) is 5.82. The van der Waals surface area contributed by atoms with Gasteiger partial charge in [-0.15, -0.1) is 0 Å². The number of carbonyl (C=O) groups is 1. The second-order valence-electron chi connectivity index (χ2n) is 5.41. The summed E-state index contributed by atoms with van der Waals surface area (Å²) in [5.74, 6) is 0.233. The summed E-state index contributed by atoms with van der Waals surface area (Å²) in [4.78, 5) is 12.4. The third-order valence-corrected chi connectivity index (χ3v) is 3.85. The van der Waals surface area contributed by atoms with E-state index in [9.17, 15) is 9.18 Å². The Labute approximate surface area is 161 Å². The molecule has 2 aromatic carbocycles. The van der Waals surface area contributed by atoms with Crippen molar-refractivity contribution in [1.82, 2.24) is 10.9 Å². The zero-order valence-electron chi connectivity index (χ0n) is 15.3. The van der Waals surface area contributed by atoms with Crippen LogP contribution in [0.25, 0.3) is 0 Å². The van der Waals surface area contributed by atoms with Gasteiger partial charge < -0.3 is 19.5 Å². The molecule has 0 bridgehead atoms. The minimum Gasteiger partial charge on any atom is -0.493 e. The first-order valence-electron chi connectivity index (χ1n) is 7.83. The van der Waals surface area contributed by atoms with Crippen LogP contribution in [0.4, 0.5) is 10.1 Å². The average molecular weight is 393 g/mol. The number of anilines is 1. The Hall–Kier alpha value is -3.07. The minimum absolute atomic E-state index is 0.0963. The summed E-state index contributed by atoms with van der Waals surface area (Å²) in [5.41, 5.74) is 6.24. The Bertz CT molecular complexity index is 835. The van der Waals surface area contributed by atoms with Crippen molar-refractivity contribution in [1.29, 1.82) is 0 Å². The van der Waals surface area contributed by atoms with Crippen LogP contribution in [0.3, 0.4) is 0 Å². The molecule has 0 aromatic heterocycles. The van der Waals surface area contributed by atoms with E-state index in [0.29, 0.717) is 28.5 Å². The molecule has 0 spiro atoms. The zero-order valence-corrected chi connectivity index (χ0v) is 16.1. The van der Waals surface area contributed by atoms with Crippen LogP contribution in [0.2, 0.25) is 0 Å². The van der Waals surface area contributed by atoms with Crippen LogP contribution >= 0.6 is 12.2 Å². The van der Waals surface area contributed by atoms with Crippen LogP contribution in [0.5, 0.6) is 17.2 Å². The molecule has 0 unspecified atom stereocenters. The molecule has 0 saturated carbocycles. The van der Waals surface area contributed by atoms with Gasteiger partial charge >= 0.3 is 0 Å². The lowest BCUT2D eigenvalue weighted by Crippen LogP contribution is -2.43. The molecule has 0 aliphatic heterocycles. The monoisotopic (exact) mass is 393 g/mol. The van der Waals surface area contributed by atoms with Crippen LogP contribution in [-0.4, -0.2) is 32.3 Å². The summed E-state index contributed by atoms with van der Waals surface area (Å²) >= 11 is 5.09. The lowest BCUT2D eigenvalue weighted by atomic mass is 10.1. The van der Waals surface area contributed by atoms with Crippen molar-refractivity contribution in [3.8, 4) is 17.2 Å². The number of hydrazine groups is 1. The molecular weight excluding hydrogens is 373 g/mol. The number of methoxy groups -OCH3 is 3. The maximum Gasteiger partial charge on any atom is 0.269 e. The van der Waals surface area contributed by atoms with E-state index in [1.54, 1.807) is 19.1 Å². The van der Waals surface area contributed by atoms with Crippen molar-refractivity contribution in [3.05, 3.63) is 47.3 Å². The molecule has 0 radical (unpaired) electrons. The van der Waals surface area contributed by atoms with Gasteiger partial charge in [0.2, 0.25) is 5.75 Å². The van der Waals surface area contributed by atoms with E-state index in [1.807, 2.05) is 0 Å². The third-order valence-electron chi connectivity index (χ3n) is 3.65. The number of halogens is 1. The zero-order chi connectivity index (χ0) is 20.0. The van der Waals surface area contributed by atoms with Crippen LogP contribution in [-0.2, 0) is 0 Å². The van der Waals surface area contributed by atoms with Crippen molar-refractivity contribution in [3.63, 3.8) is 0 Å². The highest BCUT2D eigenvalue weighted by atomic mass is 32.1. The number of benzene rings is 2. The van der Waals surface area contributed by atoms with Crippen molar-refractivity contribution < 1.29 is 23.4 Å². The summed E-state index contributed by atoms with van der Waals surface area (Å²) in [6.45, 7) is 1.66. The number of thiocarbonyl (C=S) groups is 1. The van der Waals surface area contributed by atoms with E-state index < -0.39 is 5.91 Å². The fourth-order valence-corrected chi connectivity index (χ4v) is 2.40. The summed E-state index contributed by atoms with van der Waals surface area (Å²) in [7, 11) is 4.38. The second kappa shape index (κ2) is 9.04. The first-order chi connectivity index (χ1) is 12.9. The number of amides is 1. The molecule has 9 heteroatoms. The van der Waals surface area contributed by atoms with Gasteiger partial charge in [0.25, 0.3) is 5.91 Å². The summed E-state index contributed by atoms with van der Waals surface area (Å²) in [5, 5.41) is 2.87. The quantitative estimate of drug-likeness (QED) is 0.532. The summed E-state index contributed by atoms with van der Waals surface area (Å²) < 4.78 is 29.2. The maximum atomic E-state index is 13.6. The molecule has 0 fully saturated rings. The molecule has 0 aliphatic carbocycles. The standard InChI is InChI=1S/C18H20FN3O4S/c1-10-5-6-12(9-13(10)19)20-18(27)22-21-17(23)11-7-14(24-2)16(26-4)15(8-11)25-3/h5-9H,1-4H3,(H,21,23)(H2,20,22,27). The molecule has 0 heterocycles. The molecule has 0 aliphatic rings. The Morgan fingerprint density at radius 1 is 1.00 bits per heavy atom. The number of nitrogens with one attached hydrogen (secondary N) is 3. The largest absolute Gasteiger partial charge is 0.493 e. The number of rotatable bonds is 5. The van der Waals surface area contributed by atoms with Crippen molar-refractivity contribution in [2.75, 3.05) is 26.6 Å². The summed E-state index contributed by atoms with van der Waals surface area (Å²) in [6, 6.07) is 7.61. The maximum absolute atomic E-state index is 13.6. The van der Waals surface area contributed by atoms with Crippen LogP contribution < -0.4 is 30.4 Å². The van der Waals surface area contributed by atoms with E-state index in [1.165, 1.54) is 39.5 Å². The van der Waals surface area contributed by atoms with Crippen LogP contribution in [0.1, 0.15) is 15.9 Å². The molecule has 27 heavy (non-hydrogen) atoms. The van der Waals surface area contributed by atoms with Gasteiger partial charge in [-0.2, -0.15) is 0 Å². The van der Waals surface area contributed by atoms with Crippen molar-refractivity contribution in [2.24, 2.45) is 0 Å². The fraction of sp³-hybridized carbons (Fsp3) is 0.222. The molecule has 2 rings (SSSR count). The van der Waals surface area contributed by atoms with Gasteiger partial charge in [-0.05, 0) is 49.0 Å². The Morgan fingerprint density at radius 2 is 1.63 bits per heavy atom. The Morgan fingerprint density at radius 3 is 2.15 bits per heavy atom. The topological polar surface area (TPSA) is 80.9 Å². The van der Waals surface area contributed by atoms with Gasteiger partial charge in [-0.1, -0.05) is 6.07 Å². The summed E-state index contributed by atoms with van der Waals surface area (Å²) in [6.07, 6.45) is 0. The van der Waals surface area contributed by atoms with Gasteiger partial charge in [0.05, 0.1) is 21.3 Å². The SMILES string of the molecule is COc1cc(C(=O)NNC(=S)Nc2ccc(C)c(F)c2)cc(OC)c1OC. The predicted molar refractivity (Wildman–Crippen MR) is 104 cm³/mol. The number of hydrogen-bond donors (Lipinski definition) is 3. The highest BCUT2D eigenvalue weighted by molar-refractivity contribution is 7.80. The van der Waals surface area contributed by atoms with Crippen LogP contribution in [0.15, 0.2) is 30.3 Å².